The van der Waals surface area contributed by atoms with Crippen LogP contribution in [0.3, 0.4) is 0 Å². The maximum Gasteiger partial charge on any atom is 0.171 e. The molecule has 0 saturated carbocycles. The smallest absolute Gasteiger partial charge is 0.171 e. The minimum atomic E-state index is 0.555. The number of rotatable bonds is 3. The van der Waals surface area contributed by atoms with Crippen molar-refractivity contribution in [2.24, 2.45) is 0 Å². The van der Waals surface area contributed by atoms with Gasteiger partial charge in [-0.1, -0.05) is 17.7 Å². The summed E-state index contributed by atoms with van der Waals surface area (Å²) in [5, 5.41) is 0.555. The second kappa shape index (κ2) is 5.90. The Balaban J connectivity index is 2.15. The van der Waals surface area contributed by atoms with Crippen molar-refractivity contribution in [2.45, 2.75) is 25.7 Å². The summed E-state index contributed by atoms with van der Waals surface area (Å²) in [6, 6.07) is 5.66. The molecule has 0 radical (unpaired) electrons. The van der Waals surface area contributed by atoms with Gasteiger partial charge >= 0.3 is 0 Å². The van der Waals surface area contributed by atoms with E-state index < -0.39 is 0 Å². The molecule has 0 fully saturated rings. The van der Waals surface area contributed by atoms with Gasteiger partial charge in [0.1, 0.15) is 5.15 Å². The first-order valence-corrected chi connectivity index (χ1v) is 7.39. The van der Waals surface area contributed by atoms with Gasteiger partial charge < -0.3 is 9.47 Å². The quantitative estimate of drug-likeness (QED) is 0.811. The second-order valence-electron chi connectivity index (χ2n) is 5.01. The summed E-state index contributed by atoms with van der Waals surface area (Å²) in [7, 11) is 3.23. The average molecular weight is 305 g/mol. The third-order valence-electron chi connectivity index (χ3n) is 3.78. The van der Waals surface area contributed by atoms with Gasteiger partial charge in [-0.15, -0.1) is 0 Å². The highest BCUT2D eigenvalue weighted by Gasteiger charge is 2.20. The zero-order chi connectivity index (χ0) is 14.8. The first kappa shape index (κ1) is 14.1. The Morgan fingerprint density at radius 3 is 2.62 bits per heavy atom. The average Bonchev–Trinajstić information content (AvgIpc) is 2.54. The van der Waals surface area contributed by atoms with Gasteiger partial charge in [0.25, 0.3) is 0 Å². The molecule has 21 heavy (non-hydrogen) atoms. The SMILES string of the molecule is COc1cccc(-c2nc(Cl)c3c(n2)CCCC3)c1OC. The number of ether oxygens (including phenoxy) is 2. The fourth-order valence-corrected chi connectivity index (χ4v) is 3.02. The highest BCUT2D eigenvalue weighted by atomic mass is 35.5. The van der Waals surface area contributed by atoms with E-state index in [1.54, 1.807) is 14.2 Å². The van der Waals surface area contributed by atoms with E-state index in [0.717, 1.165) is 42.5 Å². The number of aromatic nitrogens is 2. The fourth-order valence-electron chi connectivity index (χ4n) is 2.73. The molecule has 0 bridgehead atoms. The lowest BCUT2D eigenvalue weighted by atomic mass is 9.97. The predicted molar refractivity (Wildman–Crippen MR) is 82.2 cm³/mol. The van der Waals surface area contributed by atoms with E-state index in [1.165, 1.54) is 0 Å². The largest absolute Gasteiger partial charge is 0.493 e. The van der Waals surface area contributed by atoms with Crippen LogP contribution in [0.1, 0.15) is 24.1 Å². The van der Waals surface area contributed by atoms with Crippen LogP contribution >= 0.6 is 11.6 Å². The van der Waals surface area contributed by atoms with Gasteiger partial charge in [0.2, 0.25) is 0 Å². The molecule has 0 amide bonds. The van der Waals surface area contributed by atoms with Gasteiger partial charge in [-0.3, -0.25) is 0 Å². The second-order valence-corrected chi connectivity index (χ2v) is 5.37. The third-order valence-corrected chi connectivity index (χ3v) is 4.09. The van der Waals surface area contributed by atoms with Crippen molar-refractivity contribution in [2.75, 3.05) is 14.2 Å². The van der Waals surface area contributed by atoms with Crippen LogP contribution in [0.5, 0.6) is 11.5 Å². The Morgan fingerprint density at radius 2 is 1.86 bits per heavy atom. The van der Waals surface area contributed by atoms with E-state index in [2.05, 4.69) is 4.98 Å². The summed E-state index contributed by atoms with van der Waals surface area (Å²) in [4.78, 5) is 9.16. The van der Waals surface area contributed by atoms with Gasteiger partial charge in [-0.05, 0) is 37.8 Å². The Hall–Kier alpha value is -1.81. The minimum absolute atomic E-state index is 0.555. The molecule has 1 aromatic heterocycles. The molecule has 5 heteroatoms. The maximum absolute atomic E-state index is 6.34. The minimum Gasteiger partial charge on any atom is -0.493 e. The molecule has 1 aliphatic rings. The lowest BCUT2D eigenvalue weighted by Crippen LogP contribution is -2.09. The number of nitrogens with zero attached hydrogens (tertiary/aromatic N) is 2. The van der Waals surface area contributed by atoms with Crippen LogP contribution in [0.15, 0.2) is 18.2 Å². The molecule has 0 N–H and O–H groups in total. The van der Waals surface area contributed by atoms with E-state index in [1.807, 2.05) is 18.2 Å². The standard InChI is InChI=1S/C16H17ClN2O2/c1-20-13-9-5-7-11(14(13)21-2)16-18-12-8-4-3-6-10(12)15(17)19-16/h5,7,9H,3-4,6,8H2,1-2H3. The Bertz CT molecular complexity index is 674. The highest BCUT2D eigenvalue weighted by molar-refractivity contribution is 6.30. The van der Waals surface area contributed by atoms with Crippen LogP contribution in [0.4, 0.5) is 0 Å². The number of halogens is 1. The number of benzene rings is 1. The van der Waals surface area contributed by atoms with Crippen molar-refractivity contribution >= 4 is 11.6 Å². The summed E-state index contributed by atoms with van der Waals surface area (Å²) in [5.74, 6) is 1.88. The van der Waals surface area contributed by atoms with Gasteiger partial charge in [0.15, 0.2) is 17.3 Å². The van der Waals surface area contributed by atoms with Crippen molar-refractivity contribution in [1.29, 1.82) is 0 Å². The topological polar surface area (TPSA) is 44.2 Å². The Kier molecular flexibility index (Phi) is 3.97. The van der Waals surface area contributed by atoms with Crippen molar-refractivity contribution in [3.8, 4) is 22.9 Å². The molecule has 0 saturated heterocycles. The molecule has 0 unspecified atom stereocenters. The van der Waals surface area contributed by atoms with Crippen molar-refractivity contribution < 1.29 is 9.47 Å². The molecule has 3 rings (SSSR count). The number of fused-ring (bicyclic) bond motifs is 1. The van der Waals surface area contributed by atoms with Gasteiger partial charge in [0.05, 0.1) is 19.8 Å². The zero-order valence-electron chi connectivity index (χ0n) is 12.1. The summed E-state index contributed by atoms with van der Waals surface area (Å²) in [5.41, 5.74) is 2.95. The molecule has 1 aromatic carbocycles. The van der Waals surface area contributed by atoms with Gasteiger partial charge in [-0.2, -0.15) is 0 Å². The zero-order valence-corrected chi connectivity index (χ0v) is 12.9. The molecule has 110 valence electrons. The molecular formula is C16H17ClN2O2. The summed E-state index contributed by atoms with van der Waals surface area (Å²) in [6.45, 7) is 0. The number of methoxy groups -OCH3 is 2. The van der Waals surface area contributed by atoms with Crippen molar-refractivity contribution in [3.63, 3.8) is 0 Å². The van der Waals surface area contributed by atoms with Crippen LogP contribution in [0.2, 0.25) is 5.15 Å². The van der Waals surface area contributed by atoms with Crippen LogP contribution in [-0.4, -0.2) is 24.2 Å². The summed E-state index contributed by atoms with van der Waals surface area (Å²) < 4.78 is 10.8. The van der Waals surface area contributed by atoms with Crippen molar-refractivity contribution in [3.05, 3.63) is 34.6 Å². The van der Waals surface area contributed by atoms with E-state index in [9.17, 15) is 0 Å². The maximum atomic E-state index is 6.34. The Morgan fingerprint density at radius 1 is 1.05 bits per heavy atom. The van der Waals surface area contributed by atoms with Gasteiger partial charge in [-0.25, -0.2) is 9.97 Å². The molecule has 1 aliphatic carbocycles. The third kappa shape index (κ3) is 2.56. The molecule has 0 atom stereocenters. The first-order chi connectivity index (χ1) is 10.2. The molecule has 4 nitrogen and oxygen atoms in total. The Labute approximate surface area is 129 Å². The summed E-state index contributed by atoms with van der Waals surface area (Å²) in [6.07, 6.45) is 4.22. The van der Waals surface area contributed by atoms with Crippen LogP contribution < -0.4 is 9.47 Å². The highest BCUT2D eigenvalue weighted by Crippen LogP contribution is 2.37. The van der Waals surface area contributed by atoms with Crippen LogP contribution in [-0.2, 0) is 12.8 Å². The number of aryl methyl sites for hydroxylation is 1. The number of para-hydroxylation sites is 1. The molecular weight excluding hydrogens is 288 g/mol. The van der Waals surface area contributed by atoms with Crippen LogP contribution in [0.25, 0.3) is 11.4 Å². The lowest BCUT2D eigenvalue weighted by molar-refractivity contribution is 0.356. The van der Waals surface area contributed by atoms with Crippen molar-refractivity contribution in [1.82, 2.24) is 9.97 Å². The molecule has 0 aliphatic heterocycles. The van der Waals surface area contributed by atoms with E-state index in [4.69, 9.17) is 26.1 Å². The number of hydrogen-bond acceptors (Lipinski definition) is 4. The lowest BCUT2D eigenvalue weighted by Gasteiger charge is -2.17. The van der Waals surface area contributed by atoms with Crippen LogP contribution in [0, 0.1) is 0 Å². The van der Waals surface area contributed by atoms with E-state index in [-0.39, 0.29) is 0 Å². The predicted octanol–water partition coefficient (Wildman–Crippen LogP) is 3.69. The fraction of sp³-hybridized carbons (Fsp3) is 0.375. The molecule has 0 spiro atoms. The number of hydrogen-bond donors (Lipinski definition) is 0. The monoisotopic (exact) mass is 304 g/mol. The molecule has 1 heterocycles. The summed E-state index contributed by atoms with van der Waals surface area (Å²) >= 11 is 6.34. The van der Waals surface area contributed by atoms with E-state index >= 15 is 0 Å². The van der Waals surface area contributed by atoms with Gasteiger partial charge in [0, 0.05) is 11.3 Å². The molecule has 2 aromatic rings. The van der Waals surface area contributed by atoms with E-state index in [0.29, 0.717) is 22.5 Å². The first-order valence-electron chi connectivity index (χ1n) is 7.01. The normalized spacial score (nSPS) is 13.7.